The Morgan fingerprint density at radius 1 is 1.03 bits per heavy atom. The Morgan fingerprint density at radius 2 is 1.83 bits per heavy atom. The van der Waals surface area contributed by atoms with Crippen molar-refractivity contribution in [3.8, 4) is 11.5 Å². The highest BCUT2D eigenvalue weighted by atomic mass is 16.6. The van der Waals surface area contributed by atoms with Gasteiger partial charge in [-0.25, -0.2) is 5.43 Å². The molecule has 0 atom stereocenters. The van der Waals surface area contributed by atoms with Crippen LogP contribution in [0.4, 0.5) is 11.4 Å². The molecule has 0 spiro atoms. The van der Waals surface area contributed by atoms with E-state index in [1.54, 1.807) is 26.2 Å². The molecule has 0 unspecified atom stereocenters. The molecular formula is C22H23N3O4. The number of nitro benzene ring substituents is 1. The molecule has 7 heteroatoms. The monoisotopic (exact) mass is 393 g/mol. The predicted molar refractivity (Wildman–Crippen MR) is 112 cm³/mol. The van der Waals surface area contributed by atoms with Crippen molar-refractivity contribution in [2.24, 2.45) is 0 Å². The topological polar surface area (TPSA) is 85.7 Å². The van der Waals surface area contributed by atoms with Crippen LogP contribution in [0.3, 0.4) is 0 Å². The fourth-order valence-electron chi connectivity index (χ4n) is 2.91. The summed E-state index contributed by atoms with van der Waals surface area (Å²) in [5.41, 5.74) is 9.91. The van der Waals surface area contributed by atoms with Crippen molar-refractivity contribution in [3.63, 3.8) is 0 Å². The molecule has 2 N–H and O–H groups in total. The molecule has 0 fully saturated rings. The van der Waals surface area contributed by atoms with Gasteiger partial charge in [-0.1, -0.05) is 24.3 Å². The molecule has 0 saturated carbocycles. The van der Waals surface area contributed by atoms with Crippen LogP contribution in [0.25, 0.3) is 0 Å². The Morgan fingerprint density at radius 3 is 2.52 bits per heavy atom. The van der Waals surface area contributed by atoms with Gasteiger partial charge in [0, 0.05) is 29.4 Å². The third-order valence-corrected chi connectivity index (χ3v) is 4.40. The molecule has 0 aliphatic heterocycles. The molecule has 29 heavy (non-hydrogen) atoms. The summed E-state index contributed by atoms with van der Waals surface area (Å²) < 4.78 is 11.3. The number of nitrogens with one attached hydrogen (secondary N) is 2. The summed E-state index contributed by atoms with van der Waals surface area (Å²) in [7, 11) is 1.61. The van der Waals surface area contributed by atoms with Crippen molar-refractivity contribution < 1.29 is 14.4 Å². The number of nitro groups is 1. The molecular weight excluding hydrogens is 370 g/mol. The summed E-state index contributed by atoms with van der Waals surface area (Å²) in [5, 5.41) is 10.9. The fraction of sp³-hybridized carbons (Fsp3) is 0.182. The lowest BCUT2D eigenvalue weighted by Crippen LogP contribution is -2.20. The second kappa shape index (κ2) is 9.57. The molecule has 3 aromatic carbocycles. The van der Waals surface area contributed by atoms with E-state index in [2.05, 4.69) is 10.9 Å². The summed E-state index contributed by atoms with van der Waals surface area (Å²) in [4.78, 5) is 10.5. The second-order valence-electron chi connectivity index (χ2n) is 6.48. The van der Waals surface area contributed by atoms with E-state index in [1.807, 2.05) is 48.5 Å². The minimum absolute atomic E-state index is 0.0777. The molecule has 150 valence electrons. The Hall–Kier alpha value is -3.58. The standard InChI is InChI=1S/C22H23N3O4/c1-16-12-20(9-10-21(16)25(26)27)29-15-18-13-17(8-11-22(18)28-2)14-23-24-19-6-4-3-5-7-19/h3-13,23-24H,14-15H2,1-2H3. The molecule has 0 bridgehead atoms. The average molecular weight is 393 g/mol. The van der Waals surface area contributed by atoms with Crippen molar-refractivity contribution in [1.29, 1.82) is 0 Å². The van der Waals surface area contributed by atoms with E-state index in [4.69, 9.17) is 9.47 Å². The lowest BCUT2D eigenvalue weighted by atomic mass is 10.1. The van der Waals surface area contributed by atoms with Gasteiger partial charge >= 0.3 is 0 Å². The van der Waals surface area contributed by atoms with Gasteiger partial charge in [-0.15, -0.1) is 0 Å². The number of anilines is 1. The van der Waals surface area contributed by atoms with Gasteiger partial charge in [-0.3, -0.25) is 10.1 Å². The van der Waals surface area contributed by atoms with Crippen LogP contribution in [0, 0.1) is 17.0 Å². The molecule has 0 radical (unpaired) electrons. The summed E-state index contributed by atoms with van der Waals surface area (Å²) in [5.74, 6) is 1.30. The number of hydrogen-bond acceptors (Lipinski definition) is 6. The summed E-state index contributed by atoms with van der Waals surface area (Å²) in [6, 6.07) is 20.5. The SMILES string of the molecule is COc1ccc(CNNc2ccccc2)cc1COc1ccc([N+](=O)[O-])c(C)c1. The minimum Gasteiger partial charge on any atom is -0.496 e. The van der Waals surface area contributed by atoms with Gasteiger partial charge in [-0.2, -0.15) is 0 Å². The number of hydrogen-bond donors (Lipinski definition) is 2. The van der Waals surface area contributed by atoms with Crippen LogP contribution in [-0.4, -0.2) is 12.0 Å². The molecule has 0 aromatic heterocycles. The lowest BCUT2D eigenvalue weighted by molar-refractivity contribution is -0.385. The Labute approximate surface area is 169 Å². The van der Waals surface area contributed by atoms with Gasteiger partial charge < -0.3 is 14.9 Å². The minimum atomic E-state index is -0.401. The third-order valence-electron chi connectivity index (χ3n) is 4.40. The highest BCUT2D eigenvalue weighted by molar-refractivity contribution is 5.45. The van der Waals surface area contributed by atoms with E-state index in [0.717, 1.165) is 22.6 Å². The van der Waals surface area contributed by atoms with Crippen LogP contribution >= 0.6 is 0 Å². The zero-order chi connectivity index (χ0) is 20.6. The van der Waals surface area contributed by atoms with Crippen LogP contribution in [-0.2, 0) is 13.2 Å². The molecule has 7 nitrogen and oxygen atoms in total. The van der Waals surface area contributed by atoms with Gasteiger partial charge in [0.05, 0.1) is 12.0 Å². The summed E-state index contributed by atoms with van der Waals surface area (Å²) in [6.45, 7) is 2.60. The van der Waals surface area contributed by atoms with Crippen LogP contribution in [0.15, 0.2) is 66.7 Å². The number of ether oxygens (including phenoxy) is 2. The quantitative estimate of drug-likeness (QED) is 0.408. The van der Waals surface area contributed by atoms with Gasteiger partial charge in [-0.05, 0) is 48.9 Å². The van der Waals surface area contributed by atoms with E-state index in [1.165, 1.54) is 6.07 Å². The van der Waals surface area contributed by atoms with Gasteiger partial charge in [0.2, 0.25) is 0 Å². The second-order valence-corrected chi connectivity index (χ2v) is 6.48. The van der Waals surface area contributed by atoms with Crippen LogP contribution in [0.1, 0.15) is 16.7 Å². The van der Waals surface area contributed by atoms with Crippen molar-refractivity contribution in [2.75, 3.05) is 12.5 Å². The molecule has 3 rings (SSSR count). The van der Waals surface area contributed by atoms with Gasteiger partial charge in [0.25, 0.3) is 5.69 Å². The normalized spacial score (nSPS) is 10.4. The first-order valence-corrected chi connectivity index (χ1v) is 9.14. The third kappa shape index (κ3) is 5.46. The molecule has 0 aliphatic rings. The van der Waals surface area contributed by atoms with Crippen molar-refractivity contribution in [1.82, 2.24) is 5.43 Å². The summed E-state index contributed by atoms with van der Waals surface area (Å²) >= 11 is 0. The maximum atomic E-state index is 10.9. The van der Waals surface area contributed by atoms with Crippen molar-refractivity contribution >= 4 is 11.4 Å². The van der Waals surface area contributed by atoms with Crippen LogP contribution in [0.5, 0.6) is 11.5 Å². The molecule has 0 heterocycles. The zero-order valence-corrected chi connectivity index (χ0v) is 16.3. The van der Waals surface area contributed by atoms with Gasteiger partial charge in [0.1, 0.15) is 18.1 Å². The highest BCUT2D eigenvalue weighted by Crippen LogP contribution is 2.26. The number of para-hydroxylation sites is 1. The molecule has 0 saturated heterocycles. The number of rotatable bonds is 9. The molecule has 3 aromatic rings. The molecule has 0 aliphatic carbocycles. The van der Waals surface area contributed by atoms with E-state index in [0.29, 0.717) is 24.5 Å². The zero-order valence-electron chi connectivity index (χ0n) is 16.3. The number of nitrogens with zero attached hydrogens (tertiary/aromatic N) is 1. The van der Waals surface area contributed by atoms with Crippen LogP contribution < -0.4 is 20.3 Å². The van der Waals surface area contributed by atoms with E-state index in [-0.39, 0.29) is 5.69 Å². The van der Waals surface area contributed by atoms with E-state index < -0.39 is 4.92 Å². The van der Waals surface area contributed by atoms with Gasteiger partial charge in [0.15, 0.2) is 0 Å². The van der Waals surface area contributed by atoms with E-state index >= 15 is 0 Å². The first kappa shape index (κ1) is 20.2. The summed E-state index contributed by atoms with van der Waals surface area (Å²) in [6.07, 6.45) is 0. The maximum Gasteiger partial charge on any atom is 0.272 e. The first-order chi connectivity index (χ1) is 14.1. The largest absolute Gasteiger partial charge is 0.496 e. The average Bonchev–Trinajstić information content (AvgIpc) is 2.73. The Balaban J connectivity index is 1.64. The predicted octanol–water partition coefficient (Wildman–Crippen LogP) is 4.61. The Kier molecular flexibility index (Phi) is 6.65. The number of aryl methyl sites for hydroxylation is 1. The number of hydrazine groups is 1. The maximum absolute atomic E-state index is 10.9. The van der Waals surface area contributed by atoms with E-state index in [9.17, 15) is 10.1 Å². The number of benzene rings is 3. The lowest BCUT2D eigenvalue weighted by Gasteiger charge is -2.13. The van der Waals surface area contributed by atoms with Crippen LogP contribution in [0.2, 0.25) is 0 Å². The smallest absolute Gasteiger partial charge is 0.272 e. The van der Waals surface area contributed by atoms with Crippen molar-refractivity contribution in [3.05, 3.63) is 93.5 Å². The number of methoxy groups -OCH3 is 1. The Bertz CT molecular complexity index is 977. The molecule has 0 amide bonds. The van der Waals surface area contributed by atoms with Crippen molar-refractivity contribution in [2.45, 2.75) is 20.1 Å². The highest BCUT2D eigenvalue weighted by Gasteiger charge is 2.11. The fourth-order valence-corrected chi connectivity index (χ4v) is 2.91. The first-order valence-electron chi connectivity index (χ1n) is 9.14.